The van der Waals surface area contributed by atoms with E-state index in [1.165, 1.54) is 0 Å². The third-order valence-electron chi connectivity index (χ3n) is 2.17. The van der Waals surface area contributed by atoms with Gasteiger partial charge in [0.05, 0.1) is 17.4 Å². The largest absolute Gasteiger partial charge is 0.318 e. The lowest BCUT2D eigenvalue weighted by atomic mass is 10.1. The highest BCUT2D eigenvalue weighted by atomic mass is 15.3. The van der Waals surface area contributed by atoms with Crippen LogP contribution >= 0.6 is 0 Å². The minimum absolute atomic E-state index is 0.284. The maximum atomic E-state index is 6.03. The van der Waals surface area contributed by atoms with Crippen molar-refractivity contribution < 1.29 is 0 Å². The molecule has 0 fully saturated rings. The highest BCUT2D eigenvalue weighted by molar-refractivity contribution is 5.19. The van der Waals surface area contributed by atoms with Crippen LogP contribution in [0.1, 0.15) is 23.3 Å². The quantitative estimate of drug-likeness (QED) is 0.774. The van der Waals surface area contributed by atoms with Crippen LogP contribution in [0.3, 0.4) is 0 Å². The lowest BCUT2D eigenvalue weighted by Crippen LogP contribution is -2.15. The fourth-order valence-electron chi connectivity index (χ4n) is 1.40. The van der Waals surface area contributed by atoms with Gasteiger partial charge in [0, 0.05) is 19.4 Å². The van der Waals surface area contributed by atoms with Gasteiger partial charge in [-0.2, -0.15) is 5.10 Å². The van der Waals surface area contributed by atoms with Crippen LogP contribution in [0.5, 0.6) is 0 Å². The summed E-state index contributed by atoms with van der Waals surface area (Å²) in [7, 11) is 1.86. The highest BCUT2D eigenvalue weighted by Crippen LogP contribution is 2.14. The van der Waals surface area contributed by atoms with Gasteiger partial charge < -0.3 is 5.73 Å². The van der Waals surface area contributed by atoms with Crippen molar-refractivity contribution in [2.45, 2.75) is 13.0 Å². The Labute approximate surface area is 88.0 Å². The van der Waals surface area contributed by atoms with E-state index in [4.69, 9.17) is 5.73 Å². The Bertz CT molecular complexity index is 462. The molecule has 0 saturated carbocycles. The van der Waals surface area contributed by atoms with Gasteiger partial charge in [0.2, 0.25) is 0 Å². The summed E-state index contributed by atoms with van der Waals surface area (Å²) in [5.74, 6) is 0.721. The van der Waals surface area contributed by atoms with Crippen LogP contribution in [-0.4, -0.2) is 19.7 Å². The summed E-state index contributed by atoms with van der Waals surface area (Å²) >= 11 is 0. The van der Waals surface area contributed by atoms with Crippen molar-refractivity contribution in [3.63, 3.8) is 0 Å². The van der Waals surface area contributed by atoms with E-state index in [0.29, 0.717) is 0 Å². The van der Waals surface area contributed by atoms with Crippen molar-refractivity contribution in [3.05, 3.63) is 41.7 Å². The zero-order valence-electron chi connectivity index (χ0n) is 8.75. The topological polar surface area (TPSA) is 69.6 Å². The molecule has 1 unspecified atom stereocenters. The number of hydrogen-bond acceptors (Lipinski definition) is 4. The molecule has 0 aliphatic rings. The van der Waals surface area contributed by atoms with Gasteiger partial charge in [-0.1, -0.05) is 0 Å². The SMILES string of the molecule is Cc1nccc(C(N)c2ccn(C)n2)n1. The molecule has 5 heteroatoms. The maximum Gasteiger partial charge on any atom is 0.125 e. The minimum Gasteiger partial charge on any atom is -0.318 e. The van der Waals surface area contributed by atoms with Crippen LogP contribution < -0.4 is 5.73 Å². The molecule has 1 atom stereocenters. The number of rotatable bonds is 2. The second-order valence-electron chi connectivity index (χ2n) is 3.42. The standard InChI is InChI=1S/C10H13N5/c1-7-12-5-3-8(13-7)10(11)9-4-6-15(2)14-9/h3-6,10H,11H2,1-2H3. The zero-order chi connectivity index (χ0) is 10.8. The van der Waals surface area contributed by atoms with Gasteiger partial charge in [-0.3, -0.25) is 4.68 Å². The molecule has 2 heterocycles. The molecule has 2 aromatic heterocycles. The van der Waals surface area contributed by atoms with Crippen LogP contribution in [0.2, 0.25) is 0 Å². The van der Waals surface area contributed by atoms with Crippen molar-refractivity contribution in [1.29, 1.82) is 0 Å². The van der Waals surface area contributed by atoms with E-state index in [2.05, 4.69) is 15.1 Å². The van der Waals surface area contributed by atoms with E-state index >= 15 is 0 Å². The van der Waals surface area contributed by atoms with Crippen molar-refractivity contribution in [2.24, 2.45) is 12.8 Å². The average molecular weight is 203 g/mol. The first kappa shape index (κ1) is 9.79. The van der Waals surface area contributed by atoms with Crippen LogP contribution in [0, 0.1) is 6.92 Å². The molecule has 0 aliphatic heterocycles. The molecule has 0 spiro atoms. The number of aromatic nitrogens is 4. The van der Waals surface area contributed by atoms with Gasteiger partial charge in [0.25, 0.3) is 0 Å². The van der Waals surface area contributed by atoms with Crippen molar-refractivity contribution in [1.82, 2.24) is 19.7 Å². The molecule has 15 heavy (non-hydrogen) atoms. The molecule has 5 nitrogen and oxygen atoms in total. The molecule has 0 saturated heterocycles. The Balaban J connectivity index is 2.32. The summed E-state index contributed by atoms with van der Waals surface area (Å²) in [6.45, 7) is 1.84. The Morgan fingerprint density at radius 1 is 1.33 bits per heavy atom. The van der Waals surface area contributed by atoms with Gasteiger partial charge >= 0.3 is 0 Å². The first-order valence-corrected chi connectivity index (χ1v) is 4.71. The van der Waals surface area contributed by atoms with Crippen LogP contribution in [0.4, 0.5) is 0 Å². The predicted octanol–water partition coefficient (Wildman–Crippen LogP) is 0.567. The van der Waals surface area contributed by atoms with Crippen LogP contribution in [-0.2, 0) is 7.05 Å². The second-order valence-corrected chi connectivity index (χ2v) is 3.42. The molecule has 0 aromatic carbocycles. The molecule has 0 bridgehead atoms. The van der Waals surface area contributed by atoms with E-state index < -0.39 is 0 Å². The summed E-state index contributed by atoms with van der Waals surface area (Å²) in [5, 5.41) is 4.25. The third kappa shape index (κ3) is 2.02. The predicted molar refractivity (Wildman–Crippen MR) is 56.0 cm³/mol. The van der Waals surface area contributed by atoms with Crippen molar-refractivity contribution in [2.75, 3.05) is 0 Å². The molecule has 0 radical (unpaired) electrons. The Morgan fingerprint density at radius 3 is 2.73 bits per heavy atom. The smallest absolute Gasteiger partial charge is 0.125 e. The zero-order valence-corrected chi connectivity index (χ0v) is 8.75. The van der Waals surface area contributed by atoms with Gasteiger partial charge in [-0.25, -0.2) is 9.97 Å². The van der Waals surface area contributed by atoms with E-state index in [1.807, 2.05) is 32.3 Å². The first-order chi connectivity index (χ1) is 7.16. The first-order valence-electron chi connectivity index (χ1n) is 4.71. The van der Waals surface area contributed by atoms with Crippen molar-refractivity contribution in [3.8, 4) is 0 Å². The lowest BCUT2D eigenvalue weighted by Gasteiger charge is -2.07. The van der Waals surface area contributed by atoms with Gasteiger partial charge in [0.15, 0.2) is 0 Å². The fraction of sp³-hybridized carbons (Fsp3) is 0.300. The normalized spacial score (nSPS) is 12.7. The summed E-state index contributed by atoms with van der Waals surface area (Å²) < 4.78 is 1.73. The molecule has 0 aliphatic carbocycles. The van der Waals surface area contributed by atoms with E-state index in [1.54, 1.807) is 10.9 Å². The second kappa shape index (κ2) is 3.78. The number of nitrogens with zero attached hydrogens (tertiary/aromatic N) is 4. The molecule has 0 amide bonds. The van der Waals surface area contributed by atoms with Crippen LogP contribution in [0.15, 0.2) is 24.5 Å². The van der Waals surface area contributed by atoms with Crippen LogP contribution in [0.25, 0.3) is 0 Å². The molecule has 2 aromatic rings. The van der Waals surface area contributed by atoms with Crippen molar-refractivity contribution >= 4 is 0 Å². The third-order valence-corrected chi connectivity index (χ3v) is 2.17. The Kier molecular flexibility index (Phi) is 2.47. The summed E-state index contributed by atoms with van der Waals surface area (Å²) in [5.41, 5.74) is 7.64. The molecule has 2 rings (SSSR count). The molecule has 78 valence electrons. The highest BCUT2D eigenvalue weighted by Gasteiger charge is 2.12. The lowest BCUT2D eigenvalue weighted by molar-refractivity contribution is 0.703. The number of aryl methyl sites for hydroxylation is 2. The maximum absolute atomic E-state index is 6.03. The Morgan fingerprint density at radius 2 is 2.13 bits per heavy atom. The van der Waals surface area contributed by atoms with E-state index in [-0.39, 0.29) is 6.04 Å². The average Bonchev–Trinajstić information content (AvgIpc) is 2.64. The van der Waals surface area contributed by atoms with E-state index in [0.717, 1.165) is 17.2 Å². The summed E-state index contributed by atoms with van der Waals surface area (Å²) in [6.07, 6.45) is 3.57. The van der Waals surface area contributed by atoms with E-state index in [9.17, 15) is 0 Å². The Hall–Kier alpha value is -1.75. The summed E-state index contributed by atoms with van der Waals surface area (Å²) in [4.78, 5) is 8.30. The summed E-state index contributed by atoms with van der Waals surface area (Å²) in [6, 6.07) is 3.42. The van der Waals surface area contributed by atoms with Gasteiger partial charge in [0.1, 0.15) is 5.82 Å². The number of nitrogens with two attached hydrogens (primary N) is 1. The fourth-order valence-corrected chi connectivity index (χ4v) is 1.40. The van der Waals surface area contributed by atoms with Gasteiger partial charge in [-0.15, -0.1) is 0 Å². The molecular weight excluding hydrogens is 190 g/mol. The van der Waals surface area contributed by atoms with Gasteiger partial charge in [-0.05, 0) is 19.1 Å². The molecule has 2 N–H and O–H groups in total. The molecular formula is C10H13N5. The number of hydrogen-bond donors (Lipinski definition) is 1. The monoisotopic (exact) mass is 203 g/mol. The minimum atomic E-state index is -0.284.